The number of nitrogens with zero attached hydrogens (tertiary/aromatic N) is 3. The SMILES string of the molecule is CN(CC1(N(C)C)CCC1)c1ncc(CN)s1. The van der Waals surface area contributed by atoms with Gasteiger partial charge in [-0.1, -0.05) is 0 Å². The van der Waals surface area contributed by atoms with Crippen LogP contribution < -0.4 is 10.6 Å². The molecule has 1 aliphatic rings. The van der Waals surface area contributed by atoms with Crippen LogP contribution in [0.5, 0.6) is 0 Å². The van der Waals surface area contributed by atoms with Crippen molar-refractivity contribution in [1.82, 2.24) is 9.88 Å². The van der Waals surface area contributed by atoms with Crippen molar-refractivity contribution in [3.63, 3.8) is 0 Å². The molecule has 1 aromatic rings. The van der Waals surface area contributed by atoms with Crippen molar-refractivity contribution in [1.29, 1.82) is 0 Å². The monoisotopic (exact) mass is 254 g/mol. The molecule has 1 heterocycles. The number of thiazole rings is 1. The molecule has 0 unspecified atom stereocenters. The van der Waals surface area contributed by atoms with E-state index in [0.717, 1.165) is 16.6 Å². The summed E-state index contributed by atoms with van der Waals surface area (Å²) in [6.45, 7) is 1.64. The number of anilines is 1. The first-order valence-corrected chi connectivity index (χ1v) is 6.92. The van der Waals surface area contributed by atoms with Crippen molar-refractivity contribution in [2.75, 3.05) is 32.6 Å². The largest absolute Gasteiger partial charge is 0.349 e. The van der Waals surface area contributed by atoms with Crippen LogP contribution in [-0.4, -0.2) is 43.1 Å². The normalized spacial score (nSPS) is 18.2. The van der Waals surface area contributed by atoms with Gasteiger partial charge in [-0.05, 0) is 33.4 Å². The average Bonchev–Trinajstić information content (AvgIpc) is 2.71. The van der Waals surface area contributed by atoms with E-state index in [2.05, 4.69) is 35.9 Å². The van der Waals surface area contributed by atoms with Crippen LogP contribution in [0.1, 0.15) is 24.1 Å². The fourth-order valence-corrected chi connectivity index (χ4v) is 3.16. The van der Waals surface area contributed by atoms with Crippen LogP contribution in [0.2, 0.25) is 0 Å². The van der Waals surface area contributed by atoms with Gasteiger partial charge >= 0.3 is 0 Å². The molecule has 1 fully saturated rings. The maximum absolute atomic E-state index is 5.62. The van der Waals surface area contributed by atoms with Gasteiger partial charge in [0.15, 0.2) is 5.13 Å². The second-order valence-electron chi connectivity index (χ2n) is 5.14. The molecule has 17 heavy (non-hydrogen) atoms. The van der Waals surface area contributed by atoms with Gasteiger partial charge in [0.05, 0.1) is 0 Å². The van der Waals surface area contributed by atoms with E-state index in [4.69, 9.17) is 5.73 Å². The second kappa shape index (κ2) is 4.92. The molecule has 2 rings (SSSR count). The molecule has 0 radical (unpaired) electrons. The fraction of sp³-hybridized carbons (Fsp3) is 0.750. The van der Waals surface area contributed by atoms with Gasteiger partial charge in [0, 0.05) is 36.8 Å². The summed E-state index contributed by atoms with van der Waals surface area (Å²) in [5.41, 5.74) is 5.97. The third kappa shape index (κ3) is 2.46. The van der Waals surface area contributed by atoms with Crippen molar-refractivity contribution in [3.05, 3.63) is 11.1 Å². The summed E-state index contributed by atoms with van der Waals surface area (Å²) in [6.07, 6.45) is 5.82. The Labute approximate surface area is 107 Å². The molecule has 0 amide bonds. The predicted molar refractivity (Wildman–Crippen MR) is 73.5 cm³/mol. The third-order valence-electron chi connectivity index (χ3n) is 3.83. The Hall–Kier alpha value is -0.650. The van der Waals surface area contributed by atoms with Gasteiger partial charge in [0.2, 0.25) is 0 Å². The van der Waals surface area contributed by atoms with Crippen molar-refractivity contribution < 1.29 is 0 Å². The Kier molecular flexibility index (Phi) is 3.70. The van der Waals surface area contributed by atoms with E-state index >= 15 is 0 Å². The molecule has 0 aromatic carbocycles. The van der Waals surface area contributed by atoms with E-state index in [1.165, 1.54) is 19.3 Å². The Morgan fingerprint density at radius 2 is 2.12 bits per heavy atom. The predicted octanol–water partition coefficient (Wildman–Crippen LogP) is 1.52. The quantitative estimate of drug-likeness (QED) is 0.865. The first kappa shape index (κ1) is 12.8. The third-order valence-corrected chi connectivity index (χ3v) is 4.97. The van der Waals surface area contributed by atoms with Crippen LogP contribution in [0.4, 0.5) is 5.13 Å². The molecular formula is C12H22N4S. The summed E-state index contributed by atoms with van der Waals surface area (Å²) in [7, 11) is 6.49. The minimum Gasteiger partial charge on any atom is -0.349 e. The standard InChI is InChI=1S/C12H22N4S/c1-15(2)12(5-4-6-12)9-16(3)11-14-8-10(7-13)17-11/h8H,4-7,9,13H2,1-3H3. The highest BCUT2D eigenvalue weighted by atomic mass is 32.1. The molecule has 96 valence electrons. The lowest BCUT2D eigenvalue weighted by atomic mass is 9.75. The number of nitrogens with two attached hydrogens (primary N) is 1. The maximum Gasteiger partial charge on any atom is 0.185 e. The minimum atomic E-state index is 0.350. The summed E-state index contributed by atoms with van der Waals surface area (Å²) < 4.78 is 0. The van der Waals surface area contributed by atoms with Gasteiger partial charge in [0.25, 0.3) is 0 Å². The van der Waals surface area contributed by atoms with Gasteiger partial charge in [-0.25, -0.2) is 4.98 Å². The summed E-state index contributed by atoms with van der Waals surface area (Å²) in [5.74, 6) is 0. The molecule has 2 N–H and O–H groups in total. The smallest absolute Gasteiger partial charge is 0.185 e. The van der Waals surface area contributed by atoms with Crippen molar-refractivity contribution in [3.8, 4) is 0 Å². The Morgan fingerprint density at radius 1 is 1.41 bits per heavy atom. The lowest BCUT2D eigenvalue weighted by Crippen LogP contribution is -2.56. The molecule has 4 nitrogen and oxygen atoms in total. The van der Waals surface area contributed by atoms with Gasteiger partial charge in [-0.15, -0.1) is 11.3 Å². The van der Waals surface area contributed by atoms with Crippen LogP contribution in [0.3, 0.4) is 0 Å². The van der Waals surface area contributed by atoms with E-state index in [1.54, 1.807) is 11.3 Å². The van der Waals surface area contributed by atoms with E-state index in [0.29, 0.717) is 12.1 Å². The van der Waals surface area contributed by atoms with Crippen molar-refractivity contribution >= 4 is 16.5 Å². The van der Waals surface area contributed by atoms with E-state index in [1.807, 2.05) is 6.20 Å². The van der Waals surface area contributed by atoms with E-state index in [9.17, 15) is 0 Å². The van der Waals surface area contributed by atoms with Gasteiger partial charge in [-0.2, -0.15) is 0 Å². The zero-order valence-corrected chi connectivity index (χ0v) is 11.8. The first-order valence-electron chi connectivity index (χ1n) is 6.11. The minimum absolute atomic E-state index is 0.350. The van der Waals surface area contributed by atoms with Gasteiger partial charge < -0.3 is 15.5 Å². The van der Waals surface area contributed by atoms with Crippen LogP contribution in [0.15, 0.2) is 6.20 Å². The second-order valence-corrected chi connectivity index (χ2v) is 6.24. The molecule has 1 saturated carbocycles. The van der Waals surface area contributed by atoms with Crippen LogP contribution in [-0.2, 0) is 6.54 Å². The van der Waals surface area contributed by atoms with E-state index < -0.39 is 0 Å². The first-order chi connectivity index (χ1) is 8.07. The Balaban J connectivity index is 2.03. The molecular weight excluding hydrogens is 232 g/mol. The summed E-state index contributed by atoms with van der Waals surface area (Å²) in [4.78, 5) is 10.2. The number of likely N-dealkylation sites (N-methyl/N-ethyl adjacent to an activating group) is 2. The van der Waals surface area contributed by atoms with Crippen LogP contribution in [0.25, 0.3) is 0 Å². The highest BCUT2D eigenvalue weighted by Crippen LogP contribution is 2.37. The summed E-state index contributed by atoms with van der Waals surface area (Å²) in [5, 5.41) is 1.08. The highest BCUT2D eigenvalue weighted by Gasteiger charge is 2.40. The zero-order valence-electron chi connectivity index (χ0n) is 10.9. The highest BCUT2D eigenvalue weighted by molar-refractivity contribution is 7.15. The zero-order chi connectivity index (χ0) is 12.5. The van der Waals surface area contributed by atoms with Crippen molar-refractivity contribution in [2.24, 2.45) is 5.73 Å². The lowest BCUT2D eigenvalue weighted by Gasteiger charge is -2.49. The number of rotatable bonds is 5. The van der Waals surface area contributed by atoms with Crippen LogP contribution >= 0.6 is 11.3 Å². The topological polar surface area (TPSA) is 45.4 Å². The lowest BCUT2D eigenvalue weighted by molar-refractivity contribution is 0.0683. The Morgan fingerprint density at radius 3 is 2.53 bits per heavy atom. The average molecular weight is 254 g/mol. The number of hydrogen-bond acceptors (Lipinski definition) is 5. The molecule has 5 heteroatoms. The van der Waals surface area contributed by atoms with E-state index in [-0.39, 0.29) is 0 Å². The molecule has 1 aromatic heterocycles. The van der Waals surface area contributed by atoms with Gasteiger partial charge in [-0.3, -0.25) is 0 Å². The van der Waals surface area contributed by atoms with Crippen molar-refractivity contribution in [2.45, 2.75) is 31.3 Å². The summed E-state index contributed by atoms with van der Waals surface area (Å²) >= 11 is 1.70. The number of aromatic nitrogens is 1. The fourth-order valence-electron chi connectivity index (χ4n) is 2.41. The molecule has 0 aliphatic heterocycles. The molecule has 0 atom stereocenters. The molecule has 1 aliphatic carbocycles. The summed E-state index contributed by atoms with van der Waals surface area (Å²) in [6, 6.07) is 0. The number of hydrogen-bond donors (Lipinski definition) is 1. The van der Waals surface area contributed by atoms with Crippen LogP contribution in [0, 0.1) is 0 Å². The molecule has 0 bridgehead atoms. The molecule has 0 saturated heterocycles. The maximum atomic E-state index is 5.62. The Bertz CT molecular complexity index is 370. The molecule has 0 spiro atoms. The van der Waals surface area contributed by atoms with Gasteiger partial charge in [0.1, 0.15) is 0 Å².